The van der Waals surface area contributed by atoms with E-state index in [0.717, 1.165) is 24.3 Å². The molecule has 0 saturated heterocycles. The third kappa shape index (κ3) is 3.92. The second-order valence-corrected chi connectivity index (χ2v) is 6.27. The van der Waals surface area contributed by atoms with Crippen LogP contribution in [-0.2, 0) is 17.6 Å². The average Bonchev–Trinajstić information content (AvgIpc) is 2.56. The normalized spacial score (nSPS) is 13.3. The van der Waals surface area contributed by atoms with Crippen molar-refractivity contribution in [3.05, 3.63) is 58.7 Å². The fraction of sp³-hybridized carbons (Fsp3) is 0.350. The number of nitrogens with one attached hydrogen (secondary N) is 1. The van der Waals surface area contributed by atoms with Crippen molar-refractivity contribution < 1.29 is 9.53 Å². The van der Waals surface area contributed by atoms with E-state index in [2.05, 4.69) is 24.4 Å². The second-order valence-electron chi connectivity index (χ2n) is 6.27. The van der Waals surface area contributed by atoms with Crippen LogP contribution in [0.2, 0.25) is 0 Å². The van der Waals surface area contributed by atoms with Gasteiger partial charge in [-0.15, -0.1) is 0 Å². The zero-order valence-corrected chi connectivity index (χ0v) is 13.8. The first-order valence-electron chi connectivity index (χ1n) is 8.23. The van der Waals surface area contributed by atoms with Gasteiger partial charge in [-0.05, 0) is 86.1 Å². The molecule has 0 radical (unpaired) electrons. The molecule has 0 atom stereocenters. The maximum atomic E-state index is 12.0. The fourth-order valence-electron chi connectivity index (χ4n) is 2.96. The Morgan fingerprint density at radius 3 is 2.57 bits per heavy atom. The van der Waals surface area contributed by atoms with Gasteiger partial charge in [0, 0.05) is 5.69 Å². The molecule has 0 aromatic heterocycles. The average molecular weight is 309 g/mol. The van der Waals surface area contributed by atoms with Crippen LogP contribution in [0.1, 0.15) is 35.1 Å². The molecule has 120 valence electrons. The lowest BCUT2D eigenvalue weighted by Crippen LogP contribution is -2.20. The molecule has 0 aliphatic heterocycles. The van der Waals surface area contributed by atoms with Crippen LogP contribution in [0.3, 0.4) is 0 Å². The molecule has 1 aliphatic rings. The van der Waals surface area contributed by atoms with Crippen LogP contribution in [0, 0.1) is 13.8 Å². The highest BCUT2D eigenvalue weighted by Crippen LogP contribution is 2.25. The van der Waals surface area contributed by atoms with Gasteiger partial charge in [0.1, 0.15) is 5.75 Å². The summed E-state index contributed by atoms with van der Waals surface area (Å²) in [7, 11) is 0. The lowest BCUT2D eigenvalue weighted by atomic mass is 9.92. The molecule has 2 aromatic carbocycles. The van der Waals surface area contributed by atoms with Crippen molar-refractivity contribution in [1.82, 2.24) is 0 Å². The number of carbonyl (C=O) groups excluding carboxylic acids is 1. The molecule has 3 rings (SSSR count). The summed E-state index contributed by atoms with van der Waals surface area (Å²) in [6.07, 6.45) is 4.78. The van der Waals surface area contributed by atoms with E-state index in [0.29, 0.717) is 0 Å². The van der Waals surface area contributed by atoms with Crippen LogP contribution in [0.15, 0.2) is 36.4 Å². The molecular weight excluding hydrogens is 286 g/mol. The van der Waals surface area contributed by atoms with E-state index in [1.807, 2.05) is 31.2 Å². The molecule has 1 N–H and O–H groups in total. The van der Waals surface area contributed by atoms with E-state index in [9.17, 15) is 4.79 Å². The van der Waals surface area contributed by atoms with Gasteiger partial charge in [0.25, 0.3) is 5.91 Å². The Labute approximate surface area is 137 Å². The van der Waals surface area contributed by atoms with Gasteiger partial charge in [-0.25, -0.2) is 0 Å². The zero-order valence-electron chi connectivity index (χ0n) is 13.8. The quantitative estimate of drug-likeness (QED) is 0.919. The molecule has 3 nitrogen and oxygen atoms in total. The number of anilines is 1. The molecule has 0 fully saturated rings. The summed E-state index contributed by atoms with van der Waals surface area (Å²) < 4.78 is 5.65. The van der Waals surface area contributed by atoms with Gasteiger partial charge in [-0.2, -0.15) is 0 Å². The van der Waals surface area contributed by atoms with Crippen molar-refractivity contribution in [1.29, 1.82) is 0 Å². The maximum absolute atomic E-state index is 12.0. The Morgan fingerprint density at radius 1 is 1.00 bits per heavy atom. The maximum Gasteiger partial charge on any atom is 0.262 e. The molecule has 0 bridgehead atoms. The second kappa shape index (κ2) is 6.86. The van der Waals surface area contributed by atoms with Crippen molar-refractivity contribution in [2.75, 3.05) is 11.9 Å². The Hall–Kier alpha value is -2.29. The SMILES string of the molecule is Cc1ccc(NC(=O)COc2ccc3c(c2)CCCC3)cc1C. The summed E-state index contributed by atoms with van der Waals surface area (Å²) in [5, 5.41) is 2.88. The first-order valence-corrected chi connectivity index (χ1v) is 8.23. The number of hydrogen-bond acceptors (Lipinski definition) is 2. The molecule has 1 amide bonds. The smallest absolute Gasteiger partial charge is 0.262 e. The van der Waals surface area contributed by atoms with Crippen molar-refractivity contribution >= 4 is 11.6 Å². The highest BCUT2D eigenvalue weighted by molar-refractivity contribution is 5.92. The van der Waals surface area contributed by atoms with E-state index in [-0.39, 0.29) is 12.5 Å². The number of aryl methyl sites for hydroxylation is 4. The predicted molar refractivity (Wildman–Crippen MR) is 93.1 cm³/mol. The zero-order chi connectivity index (χ0) is 16.2. The van der Waals surface area contributed by atoms with Crippen LogP contribution in [0.5, 0.6) is 5.75 Å². The van der Waals surface area contributed by atoms with Crippen LogP contribution in [0.4, 0.5) is 5.69 Å². The minimum atomic E-state index is -0.133. The van der Waals surface area contributed by atoms with E-state index in [1.54, 1.807) is 0 Å². The molecule has 23 heavy (non-hydrogen) atoms. The molecule has 0 unspecified atom stereocenters. The molecule has 0 saturated carbocycles. The molecule has 0 heterocycles. The van der Waals surface area contributed by atoms with Gasteiger partial charge < -0.3 is 10.1 Å². The third-order valence-electron chi connectivity index (χ3n) is 4.48. The molecule has 3 heteroatoms. The van der Waals surface area contributed by atoms with Gasteiger partial charge in [0.2, 0.25) is 0 Å². The molecule has 2 aromatic rings. The topological polar surface area (TPSA) is 38.3 Å². The fourth-order valence-corrected chi connectivity index (χ4v) is 2.96. The van der Waals surface area contributed by atoms with Crippen molar-refractivity contribution in [3.63, 3.8) is 0 Å². The molecule has 1 aliphatic carbocycles. The number of fused-ring (bicyclic) bond motifs is 1. The Morgan fingerprint density at radius 2 is 1.78 bits per heavy atom. The minimum absolute atomic E-state index is 0.0334. The standard InChI is InChI=1S/C20H23NO2/c1-14-7-9-18(11-15(14)2)21-20(22)13-23-19-10-8-16-5-3-4-6-17(16)12-19/h7-12H,3-6,13H2,1-2H3,(H,21,22). The first kappa shape index (κ1) is 15.6. The molecule has 0 spiro atoms. The summed E-state index contributed by atoms with van der Waals surface area (Å²) in [5.74, 6) is 0.645. The number of ether oxygens (including phenoxy) is 1. The van der Waals surface area contributed by atoms with Crippen molar-refractivity contribution in [2.24, 2.45) is 0 Å². The number of carbonyl (C=O) groups is 1. The van der Waals surface area contributed by atoms with Crippen molar-refractivity contribution in [3.8, 4) is 5.75 Å². The minimum Gasteiger partial charge on any atom is -0.484 e. The summed E-state index contributed by atoms with van der Waals surface area (Å²) in [6, 6.07) is 12.1. The predicted octanol–water partition coefficient (Wildman–Crippen LogP) is 4.20. The van der Waals surface area contributed by atoms with E-state index in [4.69, 9.17) is 4.74 Å². The van der Waals surface area contributed by atoms with Crippen LogP contribution < -0.4 is 10.1 Å². The number of rotatable bonds is 4. The highest BCUT2D eigenvalue weighted by atomic mass is 16.5. The van der Waals surface area contributed by atoms with Crippen LogP contribution >= 0.6 is 0 Å². The van der Waals surface area contributed by atoms with Crippen LogP contribution in [0.25, 0.3) is 0 Å². The monoisotopic (exact) mass is 309 g/mol. The Balaban J connectivity index is 1.57. The lowest BCUT2D eigenvalue weighted by molar-refractivity contribution is -0.118. The van der Waals surface area contributed by atoms with Gasteiger partial charge in [0.15, 0.2) is 6.61 Å². The summed E-state index contributed by atoms with van der Waals surface area (Å²) in [4.78, 5) is 12.0. The van der Waals surface area contributed by atoms with E-state index < -0.39 is 0 Å². The highest BCUT2D eigenvalue weighted by Gasteiger charge is 2.11. The van der Waals surface area contributed by atoms with Crippen LogP contribution in [-0.4, -0.2) is 12.5 Å². The molecular formula is C20H23NO2. The summed E-state index contributed by atoms with van der Waals surface area (Å²) in [6.45, 7) is 4.13. The summed E-state index contributed by atoms with van der Waals surface area (Å²) >= 11 is 0. The Kier molecular flexibility index (Phi) is 4.65. The van der Waals surface area contributed by atoms with Gasteiger partial charge in [-0.1, -0.05) is 12.1 Å². The van der Waals surface area contributed by atoms with Gasteiger partial charge in [0.05, 0.1) is 0 Å². The van der Waals surface area contributed by atoms with Crippen molar-refractivity contribution in [2.45, 2.75) is 39.5 Å². The largest absolute Gasteiger partial charge is 0.484 e. The summed E-state index contributed by atoms with van der Waals surface area (Å²) in [5.41, 5.74) is 5.98. The lowest BCUT2D eigenvalue weighted by Gasteiger charge is -2.16. The number of benzene rings is 2. The van der Waals surface area contributed by atoms with E-state index >= 15 is 0 Å². The van der Waals surface area contributed by atoms with Gasteiger partial charge >= 0.3 is 0 Å². The van der Waals surface area contributed by atoms with E-state index in [1.165, 1.54) is 35.1 Å². The first-order chi connectivity index (χ1) is 11.1. The van der Waals surface area contributed by atoms with Gasteiger partial charge in [-0.3, -0.25) is 4.79 Å². The Bertz CT molecular complexity index is 722. The third-order valence-corrected chi connectivity index (χ3v) is 4.48. The number of hydrogen-bond donors (Lipinski definition) is 1. The number of amides is 1.